The molecule has 1 aromatic rings. The van der Waals surface area contributed by atoms with Crippen LogP contribution in [0.2, 0.25) is 0 Å². The van der Waals surface area contributed by atoms with E-state index in [0.29, 0.717) is 18.3 Å². The van der Waals surface area contributed by atoms with Gasteiger partial charge in [0.15, 0.2) is 10.8 Å². The lowest BCUT2D eigenvalue weighted by atomic mass is 10.5. The van der Waals surface area contributed by atoms with Gasteiger partial charge in [-0.1, -0.05) is 0 Å². The smallest absolute Gasteiger partial charge is 0.357 e. The van der Waals surface area contributed by atoms with Crippen LogP contribution >= 0.6 is 11.3 Å². The third-order valence-corrected chi connectivity index (χ3v) is 3.53. The first-order chi connectivity index (χ1) is 8.26. The van der Waals surface area contributed by atoms with E-state index >= 15 is 0 Å². The van der Waals surface area contributed by atoms with Crippen molar-refractivity contribution in [2.45, 2.75) is 18.9 Å². The van der Waals surface area contributed by atoms with Crippen LogP contribution in [-0.4, -0.2) is 44.4 Å². The fourth-order valence-corrected chi connectivity index (χ4v) is 2.50. The van der Waals surface area contributed by atoms with Crippen molar-refractivity contribution in [3.63, 3.8) is 0 Å². The standard InChI is InChI=1S/C11H16N2O3S/c1-15-6-5-13(8-3-4-8)11-12-9(7-17-11)10(14)16-2/h7-8H,3-6H2,1-2H3. The molecule has 1 aliphatic rings. The predicted octanol–water partition coefficient (Wildman–Crippen LogP) is 1.54. The Labute approximate surface area is 104 Å². The molecule has 17 heavy (non-hydrogen) atoms. The summed E-state index contributed by atoms with van der Waals surface area (Å²) in [5, 5.41) is 2.62. The Balaban J connectivity index is 2.07. The Bertz CT molecular complexity index is 390. The largest absolute Gasteiger partial charge is 0.464 e. The molecule has 0 saturated heterocycles. The highest BCUT2D eigenvalue weighted by molar-refractivity contribution is 7.13. The van der Waals surface area contributed by atoms with Crippen molar-refractivity contribution in [2.75, 3.05) is 32.3 Å². The quantitative estimate of drug-likeness (QED) is 0.723. The van der Waals surface area contributed by atoms with E-state index in [0.717, 1.165) is 11.7 Å². The van der Waals surface area contributed by atoms with Crippen LogP contribution in [0.25, 0.3) is 0 Å². The van der Waals surface area contributed by atoms with Gasteiger partial charge in [0.2, 0.25) is 0 Å². The van der Waals surface area contributed by atoms with E-state index < -0.39 is 0 Å². The maximum atomic E-state index is 11.3. The minimum atomic E-state index is -0.380. The number of anilines is 1. The number of rotatable bonds is 6. The molecular formula is C11H16N2O3S. The van der Waals surface area contributed by atoms with Gasteiger partial charge in [-0.3, -0.25) is 0 Å². The van der Waals surface area contributed by atoms with Crippen molar-refractivity contribution >= 4 is 22.4 Å². The second-order valence-electron chi connectivity index (χ2n) is 3.92. The molecule has 0 unspecified atom stereocenters. The van der Waals surface area contributed by atoms with Gasteiger partial charge in [-0.25, -0.2) is 9.78 Å². The van der Waals surface area contributed by atoms with Gasteiger partial charge in [-0.2, -0.15) is 0 Å². The lowest BCUT2D eigenvalue weighted by molar-refractivity contribution is 0.0595. The third kappa shape index (κ3) is 2.95. The highest BCUT2D eigenvalue weighted by Gasteiger charge is 2.31. The molecule has 1 saturated carbocycles. The molecule has 6 heteroatoms. The van der Waals surface area contributed by atoms with Crippen molar-refractivity contribution in [3.05, 3.63) is 11.1 Å². The van der Waals surface area contributed by atoms with E-state index in [1.807, 2.05) is 0 Å². The topological polar surface area (TPSA) is 51.7 Å². The lowest BCUT2D eigenvalue weighted by Crippen LogP contribution is -2.29. The molecule has 0 radical (unpaired) electrons. The Hall–Kier alpha value is -1.14. The van der Waals surface area contributed by atoms with Gasteiger partial charge in [0, 0.05) is 25.1 Å². The minimum Gasteiger partial charge on any atom is -0.464 e. The number of hydrogen-bond donors (Lipinski definition) is 0. The summed E-state index contributed by atoms with van der Waals surface area (Å²) in [6, 6.07) is 0.557. The highest BCUT2D eigenvalue weighted by atomic mass is 32.1. The van der Waals surface area contributed by atoms with E-state index in [2.05, 4.69) is 14.6 Å². The van der Waals surface area contributed by atoms with Crippen LogP contribution in [0.15, 0.2) is 5.38 Å². The van der Waals surface area contributed by atoms with Gasteiger partial charge in [0.05, 0.1) is 13.7 Å². The molecule has 1 heterocycles. The second-order valence-corrected chi connectivity index (χ2v) is 4.76. The third-order valence-electron chi connectivity index (χ3n) is 2.66. The van der Waals surface area contributed by atoms with Gasteiger partial charge in [-0.05, 0) is 12.8 Å². The molecule has 2 rings (SSSR count). The van der Waals surface area contributed by atoms with Crippen molar-refractivity contribution in [1.82, 2.24) is 4.98 Å². The summed E-state index contributed by atoms with van der Waals surface area (Å²) in [6.07, 6.45) is 2.38. The Morgan fingerprint density at radius 1 is 1.59 bits per heavy atom. The number of carbonyl (C=O) groups excluding carboxylic acids is 1. The lowest BCUT2D eigenvalue weighted by Gasteiger charge is -2.20. The van der Waals surface area contributed by atoms with Crippen molar-refractivity contribution < 1.29 is 14.3 Å². The van der Waals surface area contributed by atoms with Gasteiger partial charge in [-0.15, -0.1) is 11.3 Å². The zero-order chi connectivity index (χ0) is 12.3. The van der Waals surface area contributed by atoms with E-state index in [4.69, 9.17) is 4.74 Å². The number of aromatic nitrogens is 1. The Morgan fingerprint density at radius 3 is 2.94 bits per heavy atom. The van der Waals surface area contributed by atoms with Gasteiger partial charge in [0.1, 0.15) is 0 Å². The molecule has 0 aromatic carbocycles. The van der Waals surface area contributed by atoms with Crippen molar-refractivity contribution in [2.24, 2.45) is 0 Å². The maximum Gasteiger partial charge on any atom is 0.357 e. The number of methoxy groups -OCH3 is 2. The fraction of sp³-hybridized carbons (Fsp3) is 0.636. The second kappa shape index (κ2) is 5.46. The normalized spacial score (nSPS) is 14.7. The molecule has 1 aliphatic carbocycles. The highest BCUT2D eigenvalue weighted by Crippen LogP contribution is 2.33. The summed E-state index contributed by atoms with van der Waals surface area (Å²) in [5.74, 6) is -0.380. The molecular weight excluding hydrogens is 240 g/mol. The molecule has 94 valence electrons. The summed E-state index contributed by atoms with van der Waals surface area (Å²) in [5.41, 5.74) is 0.385. The maximum absolute atomic E-state index is 11.3. The molecule has 0 atom stereocenters. The van der Waals surface area contributed by atoms with Crippen LogP contribution in [0, 0.1) is 0 Å². The molecule has 0 N–H and O–H groups in total. The molecule has 0 bridgehead atoms. The van der Waals surface area contributed by atoms with E-state index in [1.165, 1.54) is 31.3 Å². The number of thiazole rings is 1. The predicted molar refractivity (Wildman–Crippen MR) is 65.7 cm³/mol. The van der Waals surface area contributed by atoms with E-state index in [9.17, 15) is 4.79 Å². The average molecular weight is 256 g/mol. The summed E-state index contributed by atoms with van der Waals surface area (Å²) < 4.78 is 9.74. The summed E-state index contributed by atoms with van der Waals surface area (Å²) in [6.45, 7) is 1.49. The number of carbonyl (C=O) groups is 1. The first-order valence-electron chi connectivity index (χ1n) is 5.55. The first kappa shape index (κ1) is 12.3. The number of nitrogens with zero attached hydrogens (tertiary/aromatic N) is 2. The van der Waals surface area contributed by atoms with Crippen molar-refractivity contribution in [3.8, 4) is 0 Å². The van der Waals surface area contributed by atoms with Crippen LogP contribution in [0.4, 0.5) is 5.13 Å². The molecule has 5 nitrogen and oxygen atoms in total. The minimum absolute atomic E-state index is 0.380. The monoisotopic (exact) mass is 256 g/mol. The van der Waals surface area contributed by atoms with Crippen LogP contribution < -0.4 is 4.90 Å². The Morgan fingerprint density at radius 2 is 2.35 bits per heavy atom. The summed E-state index contributed by atoms with van der Waals surface area (Å²) in [4.78, 5) is 17.8. The molecule has 1 aromatic heterocycles. The Kier molecular flexibility index (Phi) is 3.96. The summed E-state index contributed by atoms with van der Waals surface area (Å²) in [7, 11) is 3.05. The van der Waals surface area contributed by atoms with Gasteiger partial charge >= 0.3 is 5.97 Å². The van der Waals surface area contributed by atoms with Crippen LogP contribution in [0.3, 0.4) is 0 Å². The number of ether oxygens (including phenoxy) is 2. The molecule has 0 amide bonds. The zero-order valence-corrected chi connectivity index (χ0v) is 10.8. The van der Waals surface area contributed by atoms with Crippen LogP contribution in [-0.2, 0) is 9.47 Å². The first-order valence-corrected chi connectivity index (χ1v) is 6.43. The summed E-state index contributed by atoms with van der Waals surface area (Å²) >= 11 is 1.48. The zero-order valence-electron chi connectivity index (χ0n) is 10.0. The molecule has 0 spiro atoms. The SMILES string of the molecule is COCCN(c1nc(C(=O)OC)cs1)C1CC1. The van der Waals surface area contributed by atoms with Crippen molar-refractivity contribution in [1.29, 1.82) is 0 Å². The molecule has 1 fully saturated rings. The van der Waals surface area contributed by atoms with Crippen LogP contribution in [0.5, 0.6) is 0 Å². The average Bonchev–Trinajstić information content (AvgIpc) is 3.06. The number of hydrogen-bond acceptors (Lipinski definition) is 6. The van der Waals surface area contributed by atoms with E-state index in [-0.39, 0.29) is 5.97 Å². The van der Waals surface area contributed by atoms with Gasteiger partial charge in [0.25, 0.3) is 0 Å². The van der Waals surface area contributed by atoms with Crippen LogP contribution in [0.1, 0.15) is 23.3 Å². The van der Waals surface area contributed by atoms with E-state index in [1.54, 1.807) is 12.5 Å². The van der Waals surface area contributed by atoms with Gasteiger partial charge < -0.3 is 14.4 Å². The number of esters is 1. The fourth-order valence-electron chi connectivity index (χ4n) is 1.60. The molecule has 0 aliphatic heterocycles.